The average Bonchev–Trinajstić information content (AvgIpc) is 2.52. The lowest BCUT2D eigenvalue weighted by Gasteiger charge is -2.18. The molecular formula is C18H21NO3. The van der Waals surface area contributed by atoms with E-state index in [9.17, 15) is 9.59 Å². The molecule has 0 aliphatic carbocycles. The number of ether oxygens (including phenoxy) is 1. The summed E-state index contributed by atoms with van der Waals surface area (Å²) < 4.78 is 4.78. The third-order valence-electron chi connectivity index (χ3n) is 3.53. The maximum Gasteiger partial charge on any atom is 0.328 e. The fourth-order valence-electron chi connectivity index (χ4n) is 2.49. The molecule has 1 atom stereocenters. The quantitative estimate of drug-likeness (QED) is 0.863. The largest absolute Gasteiger partial charge is 0.467 e. The van der Waals surface area contributed by atoms with Crippen molar-refractivity contribution in [2.75, 3.05) is 7.11 Å². The molecule has 0 radical (unpaired) electrons. The van der Waals surface area contributed by atoms with Crippen LogP contribution in [0.5, 0.6) is 0 Å². The number of carbonyl (C=O) groups is 2. The fraction of sp³-hybridized carbons (Fsp3) is 0.333. The molecule has 0 bridgehead atoms. The van der Waals surface area contributed by atoms with Gasteiger partial charge in [-0.2, -0.15) is 0 Å². The molecule has 2 aromatic rings. The van der Waals surface area contributed by atoms with E-state index in [1.807, 2.05) is 50.2 Å². The molecule has 22 heavy (non-hydrogen) atoms. The Bertz CT molecular complexity index is 674. The van der Waals surface area contributed by atoms with E-state index in [2.05, 4.69) is 5.32 Å². The van der Waals surface area contributed by atoms with Crippen LogP contribution in [0.15, 0.2) is 42.5 Å². The monoisotopic (exact) mass is 299 g/mol. The zero-order valence-corrected chi connectivity index (χ0v) is 13.1. The molecule has 0 heterocycles. The Hall–Kier alpha value is -2.36. The molecule has 1 amide bonds. The van der Waals surface area contributed by atoms with Gasteiger partial charge in [0, 0.05) is 5.56 Å². The number of esters is 1. The Balaban J connectivity index is 2.27. The highest BCUT2D eigenvalue weighted by Gasteiger charge is 2.23. The predicted molar refractivity (Wildman–Crippen MR) is 86.7 cm³/mol. The van der Waals surface area contributed by atoms with Crippen molar-refractivity contribution >= 4 is 22.6 Å². The molecule has 0 aromatic heterocycles. The van der Waals surface area contributed by atoms with Crippen molar-refractivity contribution in [3.8, 4) is 0 Å². The number of nitrogens with one attached hydrogen (secondary N) is 1. The summed E-state index contributed by atoms with van der Waals surface area (Å²) in [5.74, 6) is -0.396. The highest BCUT2D eigenvalue weighted by Crippen LogP contribution is 2.19. The van der Waals surface area contributed by atoms with Gasteiger partial charge in [0.15, 0.2) is 0 Å². The molecule has 4 heteroatoms. The third-order valence-corrected chi connectivity index (χ3v) is 3.53. The standard InChI is InChI=1S/C18H21NO3/c1-12(2)11-16(18(21)22-3)19-17(20)15-10-6-8-13-7-4-5-9-14(13)15/h4-10,12,16H,11H2,1-3H3,(H,19,20)/t16-/m1/s1. The Kier molecular flexibility index (Phi) is 5.15. The molecule has 0 fully saturated rings. The predicted octanol–water partition coefficient (Wildman–Crippen LogP) is 3.16. The zero-order chi connectivity index (χ0) is 16.1. The number of benzene rings is 2. The van der Waals surface area contributed by atoms with Crippen molar-refractivity contribution in [1.29, 1.82) is 0 Å². The Morgan fingerprint density at radius 2 is 1.77 bits per heavy atom. The second-order valence-corrected chi connectivity index (χ2v) is 5.71. The number of rotatable bonds is 5. The number of amides is 1. The second kappa shape index (κ2) is 7.07. The van der Waals surface area contributed by atoms with Gasteiger partial charge in [-0.15, -0.1) is 0 Å². The first-order valence-electron chi connectivity index (χ1n) is 7.39. The van der Waals surface area contributed by atoms with Crippen LogP contribution < -0.4 is 5.32 Å². The average molecular weight is 299 g/mol. The molecule has 2 rings (SSSR count). The first-order chi connectivity index (χ1) is 10.5. The molecule has 0 aliphatic rings. The minimum absolute atomic E-state index is 0.257. The lowest BCUT2D eigenvalue weighted by molar-refractivity contribution is -0.143. The molecule has 0 unspecified atom stereocenters. The maximum absolute atomic E-state index is 12.6. The van der Waals surface area contributed by atoms with Crippen LogP contribution in [0.1, 0.15) is 30.6 Å². The van der Waals surface area contributed by atoms with Crippen LogP contribution in [0.4, 0.5) is 0 Å². The first kappa shape index (κ1) is 16.0. The van der Waals surface area contributed by atoms with Crippen LogP contribution in [0.25, 0.3) is 10.8 Å². The smallest absolute Gasteiger partial charge is 0.328 e. The maximum atomic E-state index is 12.6. The van der Waals surface area contributed by atoms with Crippen molar-refractivity contribution in [3.63, 3.8) is 0 Å². The van der Waals surface area contributed by atoms with Gasteiger partial charge in [-0.3, -0.25) is 4.79 Å². The molecular weight excluding hydrogens is 278 g/mol. The van der Waals surface area contributed by atoms with Crippen LogP contribution in [-0.2, 0) is 9.53 Å². The van der Waals surface area contributed by atoms with Crippen LogP contribution in [0.3, 0.4) is 0 Å². The van der Waals surface area contributed by atoms with Gasteiger partial charge in [-0.05, 0) is 29.2 Å². The molecule has 0 saturated heterocycles. The van der Waals surface area contributed by atoms with Gasteiger partial charge >= 0.3 is 5.97 Å². The Morgan fingerprint density at radius 1 is 1.09 bits per heavy atom. The molecule has 1 N–H and O–H groups in total. The third kappa shape index (κ3) is 3.64. The number of methoxy groups -OCH3 is 1. The summed E-state index contributed by atoms with van der Waals surface area (Å²) in [7, 11) is 1.33. The summed E-state index contributed by atoms with van der Waals surface area (Å²) in [5.41, 5.74) is 0.566. The number of carbonyl (C=O) groups excluding carboxylic acids is 2. The van der Waals surface area contributed by atoms with E-state index in [0.717, 1.165) is 10.8 Å². The van der Waals surface area contributed by atoms with Crippen LogP contribution in [-0.4, -0.2) is 25.0 Å². The lowest BCUT2D eigenvalue weighted by Crippen LogP contribution is -2.42. The molecule has 0 spiro atoms. The summed E-state index contributed by atoms with van der Waals surface area (Å²) >= 11 is 0. The molecule has 0 aliphatic heterocycles. The van der Waals surface area contributed by atoms with Gasteiger partial charge in [0.2, 0.25) is 0 Å². The zero-order valence-electron chi connectivity index (χ0n) is 13.1. The van der Waals surface area contributed by atoms with Crippen molar-refractivity contribution in [1.82, 2.24) is 5.32 Å². The van der Waals surface area contributed by atoms with E-state index >= 15 is 0 Å². The fourth-order valence-corrected chi connectivity index (χ4v) is 2.49. The number of hydrogen-bond acceptors (Lipinski definition) is 3. The van der Waals surface area contributed by atoms with Gasteiger partial charge in [0.05, 0.1) is 7.11 Å². The molecule has 116 valence electrons. The SMILES string of the molecule is COC(=O)[C@@H](CC(C)C)NC(=O)c1cccc2ccccc12. The summed E-state index contributed by atoms with van der Waals surface area (Å²) in [4.78, 5) is 24.4. The van der Waals surface area contributed by atoms with E-state index in [4.69, 9.17) is 4.74 Å². The van der Waals surface area contributed by atoms with Gasteiger partial charge in [0.1, 0.15) is 6.04 Å². The topological polar surface area (TPSA) is 55.4 Å². The van der Waals surface area contributed by atoms with Crippen molar-refractivity contribution in [2.45, 2.75) is 26.3 Å². The van der Waals surface area contributed by atoms with Gasteiger partial charge in [-0.1, -0.05) is 50.2 Å². The second-order valence-electron chi connectivity index (χ2n) is 5.71. The minimum atomic E-state index is -0.628. The van der Waals surface area contributed by atoms with Crippen LogP contribution in [0, 0.1) is 5.92 Å². The van der Waals surface area contributed by atoms with E-state index in [-0.39, 0.29) is 11.8 Å². The summed E-state index contributed by atoms with van der Waals surface area (Å²) in [5, 5.41) is 4.66. The van der Waals surface area contributed by atoms with E-state index in [0.29, 0.717) is 12.0 Å². The van der Waals surface area contributed by atoms with Gasteiger partial charge < -0.3 is 10.1 Å². The highest BCUT2D eigenvalue weighted by atomic mass is 16.5. The summed E-state index contributed by atoms with van der Waals surface area (Å²) in [6.07, 6.45) is 0.545. The Labute approximate surface area is 130 Å². The van der Waals surface area contributed by atoms with E-state index < -0.39 is 12.0 Å². The number of fused-ring (bicyclic) bond motifs is 1. The van der Waals surface area contributed by atoms with Gasteiger partial charge in [0.25, 0.3) is 5.91 Å². The normalized spacial score (nSPS) is 12.2. The highest BCUT2D eigenvalue weighted by molar-refractivity contribution is 6.07. The number of hydrogen-bond donors (Lipinski definition) is 1. The lowest BCUT2D eigenvalue weighted by atomic mass is 10.0. The molecule has 0 saturated carbocycles. The van der Waals surface area contributed by atoms with Crippen molar-refractivity contribution in [2.24, 2.45) is 5.92 Å². The first-order valence-corrected chi connectivity index (χ1v) is 7.39. The summed E-state index contributed by atoms with van der Waals surface area (Å²) in [6.45, 7) is 4.00. The van der Waals surface area contributed by atoms with Crippen LogP contribution in [0.2, 0.25) is 0 Å². The molecule has 2 aromatic carbocycles. The van der Waals surface area contributed by atoms with Crippen molar-refractivity contribution < 1.29 is 14.3 Å². The van der Waals surface area contributed by atoms with Crippen molar-refractivity contribution in [3.05, 3.63) is 48.0 Å². The summed E-state index contributed by atoms with van der Waals surface area (Å²) in [6, 6.07) is 12.6. The van der Waals surface area contributed by atoms with Gasteiger partial charge in [-0.25, -0.2) is 4.79 Å². The minimum Gasteiger partial charge on any atom is -0.467 e. The Morgan fingerprint density at radius 3 is 2.45 bits per heavy atom. The van der Waals surface area contributed by atoms with E-state index in [1.54, 1.807) is 6.07 Å². The van der Waals surface area contributed by atoms with E-state index in [1.165, 1.54) is 7.11 Å². The molecule has 4 nitrogen and oxygen atoms in total. The van der Waals surface area contributed by atoms with Crippen LogP contribution >= 0.6 is 0 Å².